The highest BCUT2D eigenvalue weighted by atomic mass is 32.1. The van der Waals surface area contributed by atoms with E-state index in [1.807, 2.05) is 0 Å². The number of aryl methyl sites for hydroxylation is 1. The molecule has 0 aromatic carbocycles. The Kier molecular flexibility index (Phi) is 6.93. The highest BCUT2D eigenvalue weighted by Gasteiger charge is 2.12. The Hall–Kier alpha value is -0.910. The molecule has 0 aliphatic rings. The molecule has 1 rings (SSSR count). The van der Waals surface area contributed by atoms with Crippen LogP contribution in [0.4, 0.5) is 0 Å². The van der Waals surface area contributed by atoms with Gasteiger partial charge in [0.15, 0.2) is 0 Å². The molecule has 4 nitrogen and oxygen atoms in total. The Labute approximate surface area is 113 Å². The highest BCUT2D eigenvalue weighted by molar-refractivity contribution is 7.11. The van der Waals surface area contributed by atoms with Crippen LogP contribution in [0.3, 0.4) is 0 Å². The van der Waals surface area contributed by atoms with Gasteiger partial charge in [-0.05, 0) is 31.4 Å². The van der Waals surface area contributed by atoms with Crippen LogP contribution < -0.4 is 11.1 Å². The van der Waals surface area contributed by atoms with Crippen LogP contribution in [0.1, 0.15) is 29.5 Å². The molecule has 0 saturated carbocycles. The van der Waals surface area contributed by atoms with Crippen LogP contribution in [-0.4, -0.2) is 25.7 Å². The standard InChI is InChI=1S/C13H22N2O2S/c1-3-10-6-7-11(18-10)9-15-13(16)12(14)5-4-8-17-2/h6-7,12H,3-5,8-9,14H2,1-2H3,(H,15,16). The molecule has 102 valence electrons. The van der Waals surface area contributed by atoms with Crippen LogP contribution in [0.5, 0.6) is 0 Å². The van der Waals surface area contributed by atoms with E-state index in [1.54, 1.807) is 18.4 Å². The first-order valence-corrected chi connectivity index (χ1v) is 7.08. The number of carbonyl (C=O) groups excluding carboxylic acids is 1. The smallest absolute Gasteiger partial charge is 0.237 e. The van der Waals surface area contributed by atoms with E-state index in [0.717, 1.165) is 12.8 Å². The minimum atomic E-state index is -0.439. The molecule has 0 aliphatic carbocycles. The molecule has 0 fully saturated rings. The second-order valence-electron chi connectivity index (χ2n) is 4.18. The zero-order chi connectivity index (χ0) is 13.4. The van der Waals surface area contributed by atoms with Crippen LogP contribution in [0.25, 0.3) is 0 Å². The highest BCUT2D eigenvalue weighted by Crippen LogP contribution is 2.16. The van der Waals surface area contributed by atoms with E-state index in [0.29, 0.717) is 19.6 Å². The van der Waals surface area contributed by atoms with Gasteiger partial charge < -0.3 is 15.8 Å². The number of amides is 1. The Bertz CT molecular complexity index is 366. The Morgan fingerprint density at radius 1 is 1.50 bits per heavy atom. The Balaban J connectivity index is 2.27. The largest absolute Gasteiger partial charge is 0.385 e. The normalized spacial score (nSPS) is 12.4. The van der Waals surface area contributed by atoms with Gasteiger partial charge in [-0.25, -0.2) is 0 Å². The quantitative estimate of drug-likeness (QED) is 0.706. The summed E-state index contributed by atoms with van der Waals surface area (Å²) in [5.74, 6) is -0.0856. The molecule has 5 heteroatoms. The van der Waals surface area contributed by atoms with Gasteiger partial charge in [-0.15, -0.1) is 11.3 Å². The molecule has 3 N–H and O–H groups in total. The Morgan fingerprint density at radius 2 is 2.22 bits per heavy atom. The minimum absolute atomic E-state index is 0.0856. The molecule has 0 aliphatic heterocycles. The SMILES string of the molecule is CCc1ccc(CNC(=O)C(N)CCCOC)s1. The second-order valence-corrected chi connectivity index (χ2v) is 5.43. The van der Waals surface area contributed by atoms with E-state index in [2.05, 4.69) is 24.4 Å². The lowest BCUT2D eigenvalue weighted by molar-refractivity contribution is -0.122. The molecule has 0 bridgehead atoms. The van der Waals surface area contributed by atoms with Crippen LogP contribution >= 0.6 is 11.3 Å². The lowest BCUT2D eigenvalue weighted by Crippen LogP contribution is -2.40. The van der Waals surface area contributed by atoms with Crippen molar-refractivity contribution in [3.8, 4) is 0 Å². The zero-order valence-electron chi connectivity index (χ0n) is 11.1. The number of methoxy groups -OCH3 is 1. The molecule has 0 spiro atoms. The number of nitrogens with one attached hydrogen (secondary N) is 1. The average molecular weight is 270 g/mol. The third-order valence-corrected chi connectivity index (χ3v) is 3.93. The predicted molar refractivity (Wildman–Crippen MR) is 74.6 cm³/mol. The number of rotatable bonds is 8. The topological polar surface area (TPSA) is 64.4 Å². The maximum absolute atomic E-state index is 11.7. The molecule has 1 unspecified atom stereocenters. The minimum Gasteiger partial charge on any atom is -0.385 e. The maximum atomic E-state index is 11.7. The molecule has 1 atom stereocenters. The van der Waals surface area contributed by atoms with Crippen LogP contribution in [-0.2, 0) is 22.5 Å². The van der Waals surface area contributed by atoms with Crippen molar-refractivity contribution in [3.05, 3.63) is 21.9 Å². The van der Waals surface area contributed by atoms with Crippen molar-refractivity contribution in [1.29, 1.82) is 0 Å². The van der Waals surface area contributed by atoms with Gasteiger partial charge in [0.1, 0.15) is 0 Å². The van der Waals surface area contributed by atoms with Gasteiger partial charge in [0, 0.05) is 23.5 Å². The maximum Gasteiger partial charge on any atom is 0.237 e. The molecular formula is C13H22N2O2S. The summed E-state index contributed by atoms with van der Waals surface area (Å²) in [6, 6.07) is 3.72. The van der Waals surface area contributed by atoms with Crippen molar-refractivity contribution >= 4 is 17.2 Å². The van der Waals surface area contributed by atoms with Crippen molar-refractivity contribution in [3.63, 3.8) is 0 Å². The molecule has 1 amide bonds. The molecular weight excluding hydrogens is 248 g/mol. The molecule has 0 saturated heterocycles. The zero-order valence-corrected chi connectivity index (χ0v) is 11.9. The van der Waals surface area contributed by atoms with E-state index >= 15 is 0 Å². The van der Waals surface area contributed by atoms with Crippen molar-refractivity contribution in [1.82, 2.24) is 5.32 Å². The van der Waals surface area contributed by atoms with Crippen LogP contribution in [0, 0.1) is 0 Å². The van der Waals surface area contributed by atoms with Gasteiger partial charge in [0.25, 0.3) is 0 Å². The summed E-state index contributed by atoms with van der Waals surface area (Å²) in [7, 11) is 1.65. The summed E-state index contributed by atoms with van der Waals surface area (Å²) in [6.07, 6.45) is 2.50. The summed E-state index contributed by atoms with van der Waals surface area (Å²) in [5.41, 5.74) is 5.79. The van der Waals surface area contributed by atoms with Gasteiger partial charge in [0.05, 0.1) is 12.6 Å². The Morgan fingerprint density at radius 3 is 2.83 bits per heavy atom. The molecule has 1 aromatic rings. The van der Waals surface area contributed by atoms with Gasteiger partial charge in [-0.2, -0.15) is 0 Å². The molecule has 1 heterocycles. The number of hydrogen-bond acceptors (Lipinski definition) is 4. The fraction of sp³-hybridized carbons (Fsp3) is 0.615. The van der Waals surface area contributed by atoms with Crippen molar-refractivity contribution in [2.75, 3.05) is 13.7 Å². The van der Waals surface area contributed by atoms with Crippen LogP contribution in [0.15, 0.2) is 12.1 Å². The summed E-state index contributed by atoms with van der Waals surface area (Å²) >= 11 is 1.73. The van der Waals surface area contributed by atoms with Crippen molar-refractivity contribution in [2.24, 2.45) is 5.73 Å². The lowest BCUT2D eigenvalue weighted by atomic mass is 10.1. The first-order valence-electron chi connectivity index (χ1n) is 6.27. The fourth-order valence-electron chi connectivity index (χ4n) is 1.59. The predicted octanol–water partition coefficient (Wildman–Crippen LogP) is 1.68. The van der Waals surface area contributed by atoms with Crippen LogP contribution in [0.2, 0.25) is 0 Å². The first-order chi connectivity index (χ1) is 8.67. The van der Waals surface area contributed by atoms with E-state index in [-0.39, 0.29) is 5.91 Å². The number of hydrogen-bond donors (Lipinski definition) is 2. The molecule has 1 aromatic heterocycles. The van der Waals surface area contributed by atoms with E-state index in [1.165, 1.54) is 9.75 Å². The number of thiophene rings is 1. The second kappa shape index (κ2) is 8.24. The van der Waals surface area contributed by atoms with Crippen molar-refractivity contribution < 1.29 is 9.53 Å². The monoisotopic (exact) mass is 270 g/mol. The fourth-order valence-corrected chi connectivity index (χ4v) is 2.49. The van der Waals surface area contributed by atoms with E-state index < -0.39 is 6.04 Å². The lowest BCUT2D eigenvalue weighted by Gasteiger charge is -2.11. The molecule has 0 radical (unpaired) electrons. The third-order valence-electron chi connectivity index (χ3n) is 2.70. The van der Waals surface area contributed by atoms with Gasteiger partial charge in [0.2, 0.25) is 5.91 Å². The molecule has 18 heavy (non-hydrogen) atoms. The number of carbonyl (C=O) groups is 1. The summed E-state index contributed by atoms with van der Waals surface area (Å²) < 4.78 is 4.93. The summed E-state index contributed by atoms with van der Waals surface area (Å²) in [6.45, 7) is 3.34. The number of ether oxygens (including phenoxy) is 1. The first kappa shape index (κ1) is 15.1. The van der Waals surface area contributed by atoms with Gasteiger partial charge >= 0.3 is 0 Å². The number of nitrogens with two attached hydrogens (primary N) is 1. The summed E-state index contributed by atoms with van der Waals surface area (Å²) in [5, 5.41) is 2.87. The van der Waals surface area contributed by atoms with E-state index in [9.17, 15) is 4.79 Å². The summed E-state index contributed by atoms with van der Waals surface area (Å²) in [4.78, 5) is 14.2. The van der Waals surface area contributed by atoms with Crippen molar-refractivity contribution in [2.45, 2.75) is 38.8 Å². The van der Waals surface area contributed by atoms with E-state index in [4.69, 9.17) is 10.5 Å². The van der Waals surface area contributed by atoms with Gasteiger partial charge in [-0.3, -0.25) is 4.79 Å². The average Bonchev–Trinajstić information content (AvgIpc) is 2.84. The van der Waals surface area contributed by atoms with Gasteiger partial charge in [-0.1, -0.05) is 6.92 Å². The third kappa shape index (κ3) is 5.16.